The highest BCUT2D eigenvalue weighted by Crippen LogP contribution is 2.50. The van der Waals surface area contributed by atoms with Crippen LogP contribution in [0.3, 0.4) is 0 Å². The van der Waals surface area contributed by atoms with Gasteiger partial charge in [-0.05, 0) is 43.2 Å². The van der Waals surface area contributed by atoms with Crippen molar-refractivity contribution in [3.63, 3.8) is 0 Å². The van der Waals surface area contributed by atoms with E-state index < -0.39 is 9.84 Å². The van der Waals surface area contributed by atoms with E-state index in [1.54, 1.807) is 16.8 Å². The van der Waals surface area contributed by atoms with Gasteiger partial charge in [-0.1, -0.05) is 0 Å². The molecule has 1 amide bonds. The van der Waals surface area contributed by atoms with Crippen molar-refractivity contribution >= 4 is 26.9 Å². The Bertz CT molecular complexity index is 1030. The zero-order valence-corrected chi connectivity index (χ0v) is 16.2. The number of aromatic nitrogens is 3. The van der Waals surface area contributed by atoms with Gasteiger partial charge in [0.1, 0.15) is 9.84 Å². The Labute approximate surface area is 157 Å². The smallest absolute Gasteiger partial charge is 0.327 e. The first-order chi connectivity index (χ1) is 12.8. The summed E-state index contributed by atoms with van der Waals surface area (Å²) in [5, 5.41) is 0. The number of likely N-dealkylation sites (tertiary alicyclic amines) is 1. The van der Waals surface area contributed by atoms with Crippen molar-refractivity contribution in [1.82, 2.24) is 19.4 Å². The van der Waals surface area contributed by atoms with Crippen molar-refractivity contribution in [2.45, 2.75) is 38.1 Å². The number of hydrogen-bond donors (Lipinski definition) is 1. The topological polar surface area (TPSA) is 105 Å². The van der Waals surface area contributed by atoms with Crippen LogP contribution in [-0.2, 0) is 14.6 Å². The molecule has 0 radical (unpaired) electrons. The summed E-state index contributed by atoms with van der Waals surface area (Å²) in [4.78, 5) is 33.9. The molecule has 4 rings (SSSR count). The summed E-state index contributed by atoms with van der Waals surface area (Å²) < 4.78 is 24.9. The molecule has 9 heteroatoms. The molecule has 1 saturated heterocycles. The molecule has 2 aromatic heterocycles. The number of amides is 1. The maximum atomic E-state index is 12.7. The summed E-state index contributed by atoms with van der Waals surface area (Å²) in [6, 6.07) is 3.63. The Balaban J connectivity index is 1.41. The lowest BCUT2D eigenvalue weighted by atomic mass is 10.0. The first-order valence-electron chi connectivity index (χ1n) is 9.27. The molecule has 8 nitrogen and oxygen atoms in total. The van der Waals surface area contributed by atoms with Crippen LogP contribution in [0, 0.1) is 5.41 Å². The van der Waals surface area contributed by atoms with Gasteiger partial charge in [0, 0.05) is 38.0 Å². The molecule has 1 N–H and O–H groups in total. The van der Waals surface area contributed by atoms with E-state index in [0.29, 0.717) is 38.0 Å². The van der Waals surface area contributed by atoms with Crippen molar-refractivity contribution in [2.75, 3.05) is 25.1 Å². The van der Waals surface area contributed by atoms with Crippen LogP contribution in [-0.4, -0.2) is 58.9 Å². The number of aromatic amines is 1. The van der Waals surface area contributed by atoms with Gasteiger partial charge in [0.2, 0.25) is 5.91 Å². The number of nitrogens with one attached hydrogen (secondary N) is 1. The van der Waals surface area contributed by atoms with Gasteiger partial charge in [0.05, 0.1) is 11.3 Å². The number of carbonyl (C=O) groups is 1. The molecule has 0 atom stereocenters. The Morgan fingerprint density at radius 2 is 2.04 bits per heavy atom. The molecule has 0 spiro atoms. The van der Waals surface area contributed by atoms with Crippen molar-refractivity contribution in [3.05, 3.63) is 28.8 Å². The van der Waals surface area contributed by atoms with E-state index in [9.17, 15) is 18.0 Å². The number of hydrogen-bond acceptors (Lipinski definition) is 5. The number of piperidine rings is 1. The Morgan fingerprint density at radius 3 is 2.67 bits per heavy atom. The van der Waals surface area contributed by atoms with E-state index >= 15 is 0 Å². The number of nitrogens with zero attached hydrogens (tertiary/aromatic N) is 3. The van der Waals surface area contributed by atoms with Gasteiger partial charge < -0.3 is 9.88 Å². The van der Waals surface area contributed by atoms with E-state index in [1.165, 1.54) is 6.26 Å². The highest BCUT2D eigenvalue weighted by Gasteiger charge is 2.47. The van der Waals surface area contributed by atoms with E-state index in [1.807, 2.05) is 11.0 Å². The van der Waals surface area contributed by atoms with Gasteiger partial charge in [-0.15, -0.1) is 0 Å². The van der Waals surface area contributed by atoms with Crippen LogP contribution in [0.1, 0.15) is 38.1 Å². The minimum atomic E-state index is -3.08. The molecule has 1 saturated carbocycles. The first-order valence-corrected chi connectivity index (χ1v) is 11.3. The monoisotopic (exact) mass is 392 g/mol. The average Bonchev–Trinajstić information content (AvgIpc) is 3.24. The highest BCUT2D eigenvalue weighted by atomic mass is 32.2. The molecule has 2 aliphatic rings. The lowest BCUT2D eigenvalue weighted by Gasteiger charge is -2.33. The van der Waals surface area contributed by atoms with Crippen LogP contribution in [0.15, 0.2) is 23.1 Å². The zero-order valence-electron chi connectivity index (χ0n) is 15.3. The minimum absolute atomic E-state index is 0.0103. The average molecular weight is 392 g/mol. The quantitative estimate of drug-likeness (QED) is 0.820. The van der Waals surface area contributed by atoms with Gasteiger partial charge in [-0.25, -0.2) is 18.2 Å². The third-order valence-electron chi connectivity index (χ3n) is 5.71. The van der Waals surface area contributed by atoms with Gasteiger partial charge >= 0.3 is 5.69 Å². The second-order valence-electron chi connectivity index (χ2n) is 8.03. The second-order valence-corrected chi connectivity index (χ2v) is 10.2. The predicted molar refractivity (Wildman–Crippen MR) is 101 cm³/mol. The Kier molecular flexibility index (Phi) is 4.37. The summed E-state index contributed by atoms with van der Waals surface area (Å²) in [6.07, 6.45) is 6.19. The van der Waals surface area contributed by atoms with Crippen LogP contribution in [0.5, 0.6) is 0 Å². The van der Waals surface area contributed by atoms with Crippen molar-refractivity contribution < 1.29 is 13.2 Å². The summed E-state index contributed by atoms with van der Waals surface area (Å²) >= 11 is 0. The van der Waals surface area contributed by atoms with Crippen LogP contribution in [0.2, 0.25) is 0 Å². The van der Waals surface area contributed by atoms with Gasteiger partial charge in [0.25, 0.3) is 0 Å². The fraction of sp³-hybridized carbons (Fsp3) is 0.611. The molecule has 2 fully saturated rings. The zero-order chi connectivity index (χ0) is 19.2. The van der Waals surface area contributed by atoms with Crippen molar-refractivity contribution in [1.29, 1.82) is 0 Å². The normalized spacial score (nSPS) is 20.1. The van der Waals surface area contributed by atoms with Crippen LogP contribution in [0.25, 0.3) is 11.2 Å². The molecule has 27 heavy (non-hydrogen) atoms. The molecule has 1 aliphatic carbocycles. The van der Waals surface area contributed by atoms with E-state index in [4.69, 9.17) is 0 Å². The molecule has 0 unspecified atom stereocenters. The number of carbonyl (C=O) groups excluding carboxylic acids is 1. The number of rotatable bonds is 5. The summed E-state index contributed by atoms with van der Waals surface area (Å²) in [6.45, 7) is 1.15. The molecular weight excluding hydrogens is 368 g/mol. The molecule has 3 heterocycles. The lowest BCUT2D eigenvalue weighted by Crippen LogP contribution is -2.41. The molecule has 1 aliphatic heterocycles. The van der Waals surface area contributed by atoms with Crippen molar-refractivity contribution in [2.24, 2.45) is 5.41 Å². The fourth-order valence-corrected chi connectivity index (χ4v) is 5.71. The van der Waals surface area contributed by atoms with Crippen LogP contribution < -0.4 is 5.69 Å². The number of imidazole rings is 1. The number of sulfone groups is 1. The number of pyridine rings is 1. The van der Waals surface area contributed by atoms with Gasteiger partial charge in [0.15, 0.2) is 5.65 Å². The number of H-pyrrole nitrogens is 1. The fourth-order valence-electron chi connectivity index (χ4n) is 4.21. The lowest BCUT2D eigenvalue weighted by molar-refractivity contribution is -0.133. The summed E-state index contributed by atoms with van der Waals surface area (Å²) in [7, 11) is -3.08. The maximum absolute atomic E-state index is 12.7. The first kappa shape index (κ1) is 18.2. The molecule has 146 valence electrons. The van der Waals surface area contributed by atoms with E-state index in [-0.39, 0.29) is 28.8 Å². The third kappa shape index (κ3) is 3.78. The largest absolute Gasteiger partial charge is 0.343 e. The van der Waals surface area contributed by atoms with E-state index in [0.717, 1.165) is 18.4 Å². The van der Waals surface area contributed by atoms with Crippen molar-refractivity contribution in [3.8, 4) is 0 Å². The number of fused-ring (bicyclic) bond motifs is 1. The summed E-state index contributed by atoms with van der Waals surface area (Å²) in [5.41, 5.74) is 0.854. The molecule has 0 aromatic carbocycles. The standard InChI is InChI=1S/C18H24N4O4S/c1-27(25,26)12-18(6-7-18)11-15(23)21-9-4-13(5-10-21)22-16-14(20-17(22)24)3-2-8-19-16/h2-3,8,13H,4-7,9-12H2,1H3,(H,20,24). The molecular formula is C18H24N4O4S. The second kappa shape index (κ2) is 6.47. The van der Waals surface area contributed by atoms with Gasteiger partial charge in [-0.3, -0.25) is 9.36 Å². The minimum Gasteiger partial charge on any atom is -0.343 e. The Morgan fingerprint density at radius 1 is 1.33 bits per heavy atom. The van der Waals surface area contributed by atoms with Crippen LogP contribution >= 0.6 is 0 Å². The third-order valence-corrected chi connectivity index (χ3v) is 6.85. The SMILES string of the molecule is CS(=O)(=O)CC1(CC(=O)N2CCC(n3c(=O)[nH]c4cccnc43)CC2)CC1. The predicted octanol–water partition coefficient (Wildman–Crippen LogP) is 1.10. The van der Waals surface area contributed by atoms with E-state index in [2.05, 4.69) is 9.97 Å². The molecule has 0 bridgehead atoms. The molecule has 2 aromatic rings. The summed E-state index contributed by atoms with van der Waals surface area (Å²) in [5.74, 6) is 0.123. The van der Waals surface area contributed by atoms with Crippen LogP contribution in [0.4, 0.5) is 0 Å². The highest BCUT2D eigenvalue weighted by molar-refractivity contribution is 7.90. The van der Waals surface area contributed by atoms with Gasteiger partial charge in [-0.2, -0.15) is 0 Å². The Hall–Kier alpha value is -2.16. The maximum Gasteiger partial charge on any atom is 0.327 e.